The van der Waals surface area contributed by atoms with Crippen LogP contribution in [0.5, 0.6) is 0 Å². The van der Waals surface area contributed by atoms with Gasteiger partial charge in [-0.15, -0.1) is 17.5 Å². The third-order valence-electron chi connectivity index (χ3n) is 3.22. The number of pyridine rings is 1. The summed E-state index contributed by atoms with van der Waals surface area (Å²) in [5.41, 5.74) is 2.05. The summed E-state index contributed by atoms with van der Waals surface area (Å²) in [4.78, 5) is 12.3. The van der Waals surface area contributed by atoms with Crippen LogP contribution in [0.4, 0.5) is 0 Å². The van der Waals surface area contributed by atoms with E-state index in [-0.39, 0.29) is 5.56 Å². The molecule has 2 nitrogen and oxygen atoms in total. The summed E-state index contributed by atoms with van der Waals surface area (Å²) in [5, 5.41) is 1.75. The first-order valence-corrected chi connectivity index (χ1v) is 8.04. The first-order chi connectivity index (χ1) is 9.77. The molecule has 0 aliphatic rings. The van der Waals surface area contributed by atoms with Crippen molar-refractivity contribution in [3.05, 3.63) is 71.0 Å². The van der Waals surface area contributed by atoms with Gasteiger partial charge in [-0.1, -0.05) is 48.5 Å². The molecule has 3 aromatic rings. The number of rotatable bonds is 1. The predicted molar refractivity (Wildman–Crippen MR) is 78.3 cm³/mol. The van der Waals surface area contributed by atoms with E-state index in [0.29, 0.717) is 0 Å². The van der Waals surface area contributed by atoms with E-state index < -0.39 is 0 Å². The number of nitrogens with zero attached hydrogens (tertiary/aromatic N) is 1. The van der Waals surface area contributed by atoms with Crippen molar-refractivity contribution >= 4 is 20.3 Å². The van der Waals surface area contributed by atoms with Crippen LogP contribution in [0.1, 0.15) is 0 Å². The Morgan fingerprint density at radius 2 is 1.60 bits per heavy atom. The molecule has 0 unspecified atom stereocenters. The van der Waals surface area contributed by atoms with Crippen LogP contribution in [0, 0.1) is 0 Å². The van der Waals surface area contributed by atoms with Crippen molar-refractivity contribution in [1.82, 2.24) is 0 Å². The third kappa shape index (κ3) is 2.86. The van der Waals surface area contributed by atoms with Gasteiger partial charge in [-0.05, 0) is 5.56 Å². The molecule has 0 amide bonds. The van der Waals surface area contributed by atoms with E-state index in [0.717, 1.165) is 22.0 Å². The van der Waals surface area contributed by atoms with Crippen LogP contribution in [0.25, 0.3) is 22.0 Å². The molecule has 0 atom stereocenters. The summed E-state index contributed by atoms with van der Waals surface area (Å²) in [5.74, 6) is 0. The zero-order chi connectivity index (χ0) is 14.5. The van der Waals surface area contributed by atoms with Crippen LogP contribution < -0.4 is 10.1 Å². The molecule has 20 heavy (non-hydrogen) atoms. The first-order valence-electron chi connectivity index (χ1n) is 6.03. The van der Waals surface area contributed by atoms with Crippen LogP contribution in [-0.2, 0) is 25.2 Å². The van der Waals surface area contributed by atoms with Crippen molar-refractivity contribution in [2.75, 3.05) is 0 Å². The fraction of sp³-hybridized carbons (Fsp3) is 0.0625. The van der Waals surface area contributed by atoms with Gasteiger partial charge < -0.3 is 0 Å². The van der Waals surface area contributed by atoms with Gasteiger partial charge in [0.1, 0.15) is 12.7 Å². The molecule has 0 spiro atoms. The zero-order valence-electron chi connectivity index (χ0n) is 10.8. The summed E-state index contributed by atoms with van der Waals surface area (Å²) < 4.78 is 1.71. The molecule has 0 aliphatic heterocycles. The van der Waals surface area contributed by atoms with Gasteiger partial charge in [-0.2, -0.15) is 4.57 Å². The molecular formula is C16H13ClNOPd+. The maximum atomic E-state index is 12.3. The van der Waals surface area contributed by atoms with E-state index in [1.54, 1.807) is 4.57 Å². The maximum absolute atomic E-state index is 12.3. The third-order valence-corrected chi connectivity index (χ3v) is 3.22. The Labute approximate surface area is 132 Å². The molecule has 0 aliphatic carbocycles. The van der Waals surface area contributed by atoms with Gasteiger partial charge in [-0.25, -0.2) is 4.79 Å². The molecule has 0 radical (unpaired) electrons. The van der Waals surface area contributed by atoms with Gasteiger partial charge in [0.2, 0.25) is 0 Å². The monoisotopic (exact) mass is 376 g/mol. The second-order valence-electron chi connectivity index (χ2n) is 4.35. The van der Waals surface area contributed by atoms with Gasteiger partial charge in [0.05, 0.1) is 0 Å². The number of benzene rings is 2. The van der Waals surface area contributed by atoms with Crippen molar-refractivity contribution in [3.8, 4) is 11.3 Å². The Bertz CT molecular complexity index is 768. The van der Waals surface area contributed by atoms with Gasteiger partial charge >= 0.3 is 33.3 Å². The Hall–Kier alpha value is -1.40. The van der Waals surface area contributed by atoms with E-state index in [9.17, 15) is 4.79 Å². The van der Waals surface area contributed by atoms with Crippen LogP contribution in [0.15, 0.2) is 65.5 Å². The van der Waals surface area contributed by atoms with Crippen molar-refractivity contribution in [2.45, 2.75) is 0 Å². The Balaban J connectivity index is 0.000000704. The SMILES string of the molecule is C[n+]1c(-c2ccccc2)[cH-]c2ccccc2c1=O.[Cl][Pd+]. The molecule has 0 bridgehead atoms. The average molecular weight is 377 g/mol. The van der Waals surface area contributed by atoms with E-state index in [2.05, 4.69) is 33.8 Å². The molecule has 104 valence electrons. The summed E-state index contributed by atoms with van der Waals surface area (Å²) in [6.07, 6.45) is 0. The summed E-state index contributed by atoms with van der Waals surface area (Å²) in [6, 6.07) is 19.7. The van der Waals surface area contributed by atoms with Crippen molar-refractivity contribution in [3.63, 3.8) is 0 Å². The number of aromatic nitrogens is 1. The molecule has 1 heterocycles. The van der Waals surface area contributed by atoms with E-state index in [1.165, 1.54) is 0 Å². The van der Waals surface area contributed by atoms with Crippen LogP contribution >= 0.6 is 9.53 Å². The fourth-order valence-corrected chi connectivity index (χ4v) is 2.24. The topological polar surface area (TPSA) is 20.9 Å². The molecule has 0 saturated carbocycles. The van der Waals surface area contributed by atoms with Gasteiger partial charge in [0, 0.05) is 5.39 Å². The molecule has 2 aromatic carbocycles. The molecular weight excluding hydrogens is 364 g/mol. The summed E-state index contributed by atoms with van der Waals surface area (Å²) >= 11 is 2.22. The number of hydrogen-bond acceptors (Lipinski definition) is 1. The number of hydrogen-bond donors (Lipinski definition) is 0. The molecule has 4 heteroatoms. The van der Waals surface area contributed by atoms with Crippen LogP contribution in [0.3, 0.4) is 0 Å². The number of fused-ring (bicyclic) bond motifs is 1. The normalized spacial score (nSPS) is 10.0. The van der Waals surface area contributed by atoms with E-state index >= 15 is 0 Å². The van der Waals surface area contributed by atoms with Crippen molar-refractivity contribution in [2.24, 2.45) is 7.05 Å². The average Bonchev–Trinajstić information content (AvgIpc) is 2.54. The minimum absolute atomic E-state index is 0.0481. The molecule has 3 rings (SSSR count). The van der Waals surface area contributed by atoms with Gasteiger partial charge in [0.25, 0.3) is 0 Å². The van der Waals surface area contributed by atoms with Crippen LogP contribution in [0.2, 0.25) is 0 Å². The molecule has 0 N–H and O–H groups in total. The quantitative estimate of drug-likeness (QED) is 0.363. The van der Waals surface area contributed by atoms with E-state index in [4.69, 9.17) is 0 Å². The second-order valence-corrected chi connectivity index (χ2v) is 4.35. The Morgan fingerprint density at radius 1 is 1.00 bits per heavy atom. The molecule has 0 saturated heterocycles. The minimum atomic E-state index is 0.0481. The molecule has 0 fully saturated rings. The fourth-order valence-electron chi connectivity index (χ4n) is 2.24. The Morgan fingerprint density at radius 3 is 2.30 bits per heavy atom. The summed E-state index contributed by atoms with van der Waals surface area (Å²) in [7, 11) is 6.31. The summed E-state index contributed by atoms with van der Waals surface area (Å²) in [6.45, 7) is 0. The van der Waals surface area contributed by atoms with Gasteiger partial charge in [-0.3, -0.25) is 0 Å². The standard InChI is InChI=1S/C16H13NO.ClH.Pd/c1-17-15(12-7-3-2-4-8-12)11-13-9-5-6-10-14(13)16(17)18;;/h2-11H,1H3;1H;/q;;+2/p-1. The predicted octanol–water partition coefficient (Wildman–Crippen LogP) is 3.10. The van der Waals surface area contributed by atoms with Crippen LogP contribution in [-0.4, -0.2) is 0 Å². The first kappa shape index (κ1) is 15.0. The van der Waals surface area contributed by atoms with Crippen molar-refractivity contribution in [1.29, 1.82) is 0 Å². The second kappa shape index (κ2) is 6.86. The van der Waals surface area contributed by atoms with Gasteiger partial charge in [0.15, 0.2) is 0 Å². The van der Waals surface area contributed by atoms with Crippen molar-refractivity contribution < 1.29 is 22.7 Å². The Kier molecular flexibility index (Phi) is 5.14. The zero-order valence-corrected chi connectivity index (χ0v) is 13.1. The van der Waals surface area contributed by atoms with E-state index in [1.807, 2.05) is 61.6 Å². The molecule has 1 aromatic heterocycles. The number of halogens is 1.